The monoisotopic (exact) mass is 319 g/mol. The number of halogens is 2. The van der Waals surface area contributed by atoms with Crippen molar-refractivity contribution in [1.29, 1.82) is 0 Å². The van der Waals surface area contributed by atoms with E-state index < -0.39 is 11.9 Å². The Bertz CT molecular complexity index is 496. The van der Waals surface area contributed by atoms with Gasteiger partial charge in [0.05, 0.1) is 12.1 Å². The second-order valence-corrected chi connectivity index (χ2v) is 4.72. The molecule has 1 unspecified atom stereocenters. The first-order chi connectivity index (χ1) is 7.99. The van der Waals surface area contributed by atoms with Gasteiger partial charge in [-0.3, -0.25) is 14.5 Å². The third kappa shape index (κ3) is 2.39. The van der Waals surface area contributed by atoms with Gasteiger partial charge in [0.25, 0.3) is 0 Å². The van der Waals surface area contributed by atoms with Crippen LogP contribution >= 0.6 is 27.5 Å². The van der Waals surface area contributed by atoms with E-state index in [1.54, 1.807) is 0 Å². The minimum Gasteiger partial charge on any atom is -0.481 e. The fourth-order valence-corrected chi connectivity index (χ4v) is 2.22. The van der Waals surface area contributed by atoms with Crippen LogP contribution in [-0.4, -0.2) is 33.5 Å². The molecule has 1 aromatic heterocycles. The molecule has 1 amide bonds. The lowest BCUT2D eigenvalue weighted by Gasteiger charge is -2.15. The molecule has 2 heterocycles. The first kappa shape index (κ1) is 12.3. The zero-order valence-corrected chi connectivity index (χ0v) is 10.8. The molecule has 0 bridgehead atoms. The summed E-state index contributed by atoms with van der Waals surface area (Å²) in [6.07, 6.45) is 1.37. The van der Waals surface area contributed by atoms with E-state index in [2.05, 4.69) is 25.9 Å². The van der Waals surface area contributed by atoms with Crippen LogP contribution < -0.4 is 4.90 Å². The van der Waals surface area contributed by atoms with Crippen LogP contribution in [0.2, 0.25) is 5.15 Å². The fraction of sp³-hybridized carbons (Fsp3) is 0.333. The van der Waals surface area contributed by atoms with Crippen LogP contribution in [0.4, 0.5) is 5.82 Å². The number of aromatic nitrogens is 2. The molecule has 1 atom stereocenters. The van der Waals surface area contributed by atoms with Crippen molar-refractivity contribution >= 4 is 45.2 Å². The fourth-order valence-electron chi connectivity index (χ4n) is 1.60. The Morgan fingerprint density at radius 2 is 2.35 bits per heavy atom. The highest BCUT2D eigenvalue weighted by molar-refractivity contribution is 9.10. The number of carbonyl (C=O) groups is 2. The lowest BCUT2D eigenvalue weighted by molar-refractivity contribution is -0.141. The van der Waals surface area contributed by atoms with Crippen molar-refractivity contribution in [2.45, 2.75) is 6.42 Å². The summed E-state index contributed by atoms with van der Waals surface area (Å²) in [4.78, 5) is 31.6. The maximum absolute atomic E-state index is 11.7. The van der Waals surface area contributed by atoms with Crippen LogP contribution in [-0.2, 0) is 9.59 Å². The number of hydrogen-bond donors (Lipinski definition) is 1. The highest BCUT2D eigenvalue weighted by atomic mass is 79.9. The molecule has 0 radical (unpaired) electrons. The van der Waals surface area contributed by atoms with Gasteiger partial charge in [-0.15, -0.1) is 0 Å². The number of aliphatic carboxylic acids is 1. The van der Waals surface area contributed by atoms with Crippen molar-refractivity contribution < 1.29 is 14.7 Å². The molecule has 1 N–H and O–H groups in total. The van der Waals surface area contributed by atoms with Crippen molar-refractivity contribution in [3.8, 4) is 0 Å². The van der Waals surface area contributed by atoms with E-state index in [9.17, 15) is 9.59 Å². The van der Waals surface area contributed by atoms with Crippen molar-refractivity contribution in [2.75, 3.05) is 11.4 Å². The van der Waals surface area contributed by atoms with Gasteiger partial charge < -0.3 is 5.11 Å². The Hall–Kier alpha value is -1.21. The van der Waals surface area contributed by atoms with E-state index >= 15 is 0 Å². The van der Waals surface area contributed by atoms with Crippen LogP contribution in [0.5, 0.6) is 0 Å². The third-order valence-electron chi connectivity index (χ3n) is 2.41. The molecule has 1 aliphatic rings. The molecule has 0 aliphatic carbocycles. The summed E-state index contributed by atoms with van der Waals surface area (Å²) in [6, 6.07) is 0. The largest absolute Gasteiger partial charge is 0.481 e. The minimum atomic E-state index is -0.998. The van der Waals surface area contributed by atoms with Crippen molar-refractivity contribution in [3.05, 3.63) is 16.0 Å². The Morgan fingerprint density at radius 1 is 1.65 bits per heavy atom. The number of amides is 1. The normalized spacial score (nSPS) is 19.8. The van der Waals surface area contributed by atoms with Gasteiger partial charge in [-0.25, -0.2) is 9.97 Å². The standard InChI is InChI=1S/C9H7BrClN3O3/c10-5-2-12-8(7(11)13-5)14-3-4(9(16)17)1-6(14)15/h2,4H,1,3H2,(H,16,17). The molecule has 0 aromatic carbocycles. The molecule has 0 spiro atoms. The number of hydrogen-bond acceptors (Lipinski definition) is 4. The molecule has 1 aromatic rings. The van der Waals surface area contributed by atoms with E-state index in [0.29, 0.717) is 4.60 Å². The molecule has 1 saturated heterocycles. The van der Waals surface area contributed by atoms with Crippen LogP contribution in [0, 0.1) is 5.92 Å². The lowest BCUT2D eigenvalue weighted by atomic mass is 10.1. The molecule has 90 valence electrons. The van der Waals surface area contributed by atoms with Gasteiger partial charge in [0.2, 0.25) is 5.91 Å². The first-order valence-corrected chi connectivity index (χ1v) is 5.87. The highest BCUT2D eigenvalue weighted by Crippen LogP contribution is 2.28. The van der Waals surface area contributed by atoms with Gasteiger partial charge in [0, 0.05) is 13.0 Å². The second-order valence-electron chi connectivity index (χ2n) is 3.55. The number of carbonyl (C=O) groups excluding carboxylic acids is 1. The van der Waals surface area contributed by atoms with Gasteiger partial charge in [0.1, 0.15) is 4.60 Å². The molecular formula is C9H7BrClN3O3. The van der Waals surface area contributed by atoms with E-state index in [0.717, 1.165) is 0 Å². The number of nitrogens with zero attached hydrogens (tertiary/aromatic N) is 3. The summed E-state index contributed by atoms with van der Waals surface area (Å²) in [7, 11) is 0. The first-order valence-electron chi connectivity index (χ1n) is 4.70. The number of rotatable bonds is 2. The second kappa shape index (κ2) is 4.58. The summed E-state index contributed by atoms with van der Waals surface area (Å²) in [5.41, 5.74) is 0. The van der Waals surface area contributed by atoms with Gasteiger partial charge >= 0.3 is 5.97 Å². The quantitative estimate of drug-likeness (QED) is 0.889. The summed E-state index contributed by atoms with van der Waals surface area (Å²) in [6.45, 7) is 0.0736. The van der Waals surface area contributed by atoms with Gasteiger partial charge in [-0.2, -0.15) is 0 Å². The predicted octanol–water partition coefficient (Wildman–Crippen LogP) is 1.33. The molecule has 2 rings (SSSR count). The highest BCUT2D eigenvalue weighted by Gasteiger charge is 2.36. The smallest absolute Gasteiger partial charge is 0.308 e. The van der Waals surface area contributed by atoms with Crippen LogP contribution in [0.25, 0.3) is 0 Å². The molecule has 1 fully saturated rings. The van der Waals surface area contributed by atoms with E-state index in [1.165, 1.54) is 11.1 Å². The predicted molar refractivity (Wildman–Crippen MR) is 62.8 cm³/mol. The zero-order chi connectivity index (χ0) is 12.6. The molecule has 1 aliphatic heterocycles. The average Bonchev–Trinajstić information content (AvgIpc) is 2.61. The van der Waals surface area contributed by atoms with E-state index in [4.69, 9.17) is 16.7 Å². The topological polar surface area (TPSA) is 83.4 Å². The molecule has 8 heteroatoms. The Morgan fingerprint density at radius 3 is 2.88 bits per heavy atom. The SMILES string of the molecule is O=C(O)C1CC(=O)N(c2ncc(Br)nc2Cl)C1. The summed E-state index contributed by atoms with van der Waals surface area (Å²) < 4.78 is 0.452. The number of anilines is 1. The van der Waals surface area contributed by atoms with E-state index in [1.807, 2.05) is 0 Å². The Balaban J connectivity index is 2.29. The van der Waals surface area contributed by atoms with Crippen molar-refractivity contribution in [2.24, 2.45) is 5.92 Å². The van der Waals surface area contributed by atoms with Gasteiger partial charge in [-0.05, 0) is 15.9 Å². The van der Waals surface area contributed by atoms with Crippen molar-refractivity contribution in [1.82, 2.24) is 9.97 Å². The third-order valence-corrected chi connectivity index (χ3v) is 3.05. The molecular weight excluding hydrogens is 313 g/mol. The lowest BCUT2D eigenvalue weighted by Crippen LogP contribution is -2.27. The minimum absolute atomic E-state index is 0.0383. The zero-order valence-electron chi connectivity index (χ0n) is 8.43. The average molecular weight is 321 g/mol. The molecule has 6 nitrogen and oxygen atoms in total. The van der Waals surface area contributed by atoms with Gasteiger partial charge in [0.15, 0.2) is 11.0 Å². The molecule has 0 saturated carbocycles. The van der Waals surface area contributed by atoms with Gasteiger partial charge in [-0.1, -0.05) is 11.6 Å². The summed E-state index contributed by atoms with van der Waals surface area (Å²) >= 11 is 8.96. The number of carboxylic acids is 1. The van der Waals surface area contributed by atoms with Crippen LogP contribution in [0.3, 0.4) is 0 Å². The van der Waals surface area contributed by atoms with Crippen LogP contribution in [0.15, 0.2) is 10.8 Å². The Labute approximate surface area is 110 Å². The Kier molecular flexibility index (Phi) is 3.30. The maximum Gasteiger partial charge on any atom is 0.308 e. The van der Waals surface area contributed by atoms with E-state index in [-0.39, 0.29) is 29.8 Å². The molecule has 17 heavy (non-hydrogen) atoms. The van der Waals surface area contributed by atoms with Crippen molar-refractivity contribution in [3.63, 3.8) is 0 Å². The maximum atomic E-state index is 11.7. The van der Waals surface area contributed by atoms with Crippen LogP contribution in [0.1, 0.15) is 6.42 Å². The summed E-state index contributed by atoms with van der Waals surface area (Å²) in [5, 5.41) is 8.92. The summed E-state index contributed by atoms with van der Waals surface area (Å²) in [5.74, 6) is -1.83. The number of carboxylic acid groups (broad SMARTS) is 1.